The number of hydrogen-bond acceptors (Lipinski definition) is 1. The van der Waals surface area contributed by atoms with Crippen LogP contribution in [0.1, 0.15) is 25.7 Å². The van der Waals surface area contributed by atoms with E-state index < -0.39 is 0 Å². The van der Waals surface area contributed by atoms with E-state index in [9.17, 15) is 5.11 Å². The SMILES string of the molecule is OC1C=CC2CCC(C1)C2. The highest BCUT2D eigenvalue weighted by atomic mass is 16.3. The molecule has 0 spiro atoms. The number of rotatable bonds is 0. The fourth-order valence-electron chi connectivity index (χ4n) is 2.21. The van der Waals surface area contributed by atoms with Crippen LogP contribution >= 0.6 is 0 Å². The summed E-state index contributed by atoms with van der Waals surface area (Å²) < 4.78 is 0. The van der Waals surface area contributed by atoms with Gasteiger partial charge in [0.05, 0.1) is 6.10 Å². The molecular formula is C9H14O. The lowest BCUT2D eigenvalue weighted by Crippen LogP contribution is -2.07. The molecule has 1 fully saturated rings. The molecule has 0 radical (unpaired) electrons. The zero-order valence-corrected chi connectivity index (χ0v) is 6.16. The van der Waals surface area contributed by atoms with Crippen LogP contribution in [0.5, 0.6) is 0 Å². The molecule has 2 rings (SSSR count). The summed E-state index contributed by atoms with van der Waals surface area (Å²) in [5.41, 5.74) is 0. The van der Waals surface area contributed by atoms with Crippen molar-refractivity contribution in [2.45, 2.75) is 31.8 Å². The highest BCUT2D eigenvalue weighted by Gasteiger charge is 2.26. The number of hydrogen-bond donors (Lipinski definition) is 1. The van der Waals surface area contributed by atoms with Gasteiger partial charge in [0.1, 0.15) is 0 Å². The molecule has 0 aromatic carbocycles. The molecule has 0 saturated heterocycles. The Morgan fingerprint density at radius 3 is 2.90 bits per heavy atom. The zero-order chi connectivity index (χ0) is 6.97. The average Bonchev–Trinajstić information content (AvgIpc) is 2.22. The fraction of sp³-hybridized carbons (Fsp3) is 0.778. The number of aliphatic hydroxyl groups is 1. The van der Waals surface area contributed by atoms with Gasteiger partial charge in [-0.1, -0.05) is 12.2 Å². The van der Waals surface area contributed by atoms with Gasteiger partial charge in [0.2, 0.25) is 0 Å². The molecule has 0 aliphatic heterocycles. The summed E-state index contributed by atoms with van der Waals surface area (Å²) in [6.45, 7) is 0. The molecule has 0 heterocycles. The Bertz CT molecular complexity index is 151. The van der Waals surface area contributed by atoms with Gasteiger partial charge < -0.3 is 5.11 Å². The molecule has 2 aliphatic carbocycles. The van der Waals surface area contributed by atoms with Crippen molar-refractivity contribution < 1.29 is 5.11 Å². The molecule has 0 aromatic rings. The van der Waals surface area contributed by atoms with E-state index in [1.54, 1.807) is 0 Å². The summed E-state index contributed by atoms with van der Waals surface area (Å²) in [5, 5.41) is 9.32. The first kappa shape index (κ1) is 6.41. The van der Waals surface area contributed by atoms with Crippen molar-refractivity contribution in [1.29, 1.82) is 0 Å². The maximum absolute atomic E-state index is 9.32. The minimum atomic E-state index is -0.143. The zero-order valence-electron chi connectivity index (χ0n) is 6.16. The van der Waals surface area contributed by atoms with Crippen molar-refractivity contribution in [1.82, 2.24) is 0 Å². The summed E-state index contributed by atoms with van der Waals surface area (Å²) in [6.07, 6.45) is 9.07. The highest BCUT2D eigenvalue weighted by molar-refractivity contribution is 5.01. The summed E-state index contributed by atoms with van der Waals surface area (Å²) >= 11 is 0. The van der Waals surface area contributed by atoms with Crippen LogP contribution < -0.4 is 0 Å². The molecule has 1 saturated carbocycles. The van der Waals surface area contributed by atoms with Crippen molar-refractivity contribution >= 4 is 0 Å². The Hall–Kier alpha value is -0.300. The molecule has 2 aliphatic rings. The van der Waals surface area contributed by atoms with Crippen LogP contribution in [0.3, 0.4) is 0 Å². The second kappa shape index (κ2) is 2.39. The molecule has 10 heavy (non-hydrogen) atoms. The van der Waals surface area contributed by atoms with Crippen molar-refractivity contribution in [2.24, 2.45) is 11.8 Å². The van der Waals surface area contributed by atoms with Gasteiger partial charge in [0.15, 0.2) is 0 Å². The summed E-state index contributed by atoms with van der Waals surface area (Å²) in [7, 11) is 0. The lowest BCUT2D eigenvalue weighted by Gasteiger charge is -2.09. The third-order valence-corrected chi connectivity index (χ3v) is 2.76. The molecule has 1 nitrogen and oxygen atoms in total. The van der Waals surface area contributed by atoms with E-state index >= 15 is 0 Å². The van der Waals surface area contributed by atoms with E-state index in [2.05, 4.69) is 6.08 Å². The molecule has 3 unspecified atom stereocenters. The van der Waals surface area contributed by atoms with Crippen LogP contribution in [0, 0.1) is 11.8 Å². The normalized spacial score (nSPS) is 45.5. The molecular weight excluding hydrogens is 124 g/mol. The maximum Gasteiger partial charge on any atom is 0.0723 e. The minimum absolute atomic E-state index is 0.143. The first-order valence-electron chi connectivity index (χ1n) is 4.21. The molecule has 2 bridgehead atoms. The largest absolute Gasteiger partial charge is 0.389 e. The van der Waals surface area contributed by atoms with Crippen LogP contribution in [-0.2, 0) is 0 Å². The highest BCUT2D eigenvalue weighted by Crippen LogP contribution is 2.36. The molecule has 1 N–H and O–H groups in total. The monoisotopic (exact) mass is 138 g/mol. The van der Waals surface area contributed by atoms with Gasteiger partial charge in [-0.3, -0.25) is 0 Å². The Morgan fingerprint density at radius 1 is 1.10 bits per heavy atom. The van der Waals surface area contributed by atoms with Crippen molar-refractivity contribution in [3.63, 3.8) is 0 Å². The van der Waals surface area contributed by atoms with Gasteiger partial charge in [0.25, 0.3) is 0 Å². The molecule has 56 valence electrons. The number of allylic oxidation sites excluding steroid dienone is 1. The quantitative estimate of drug-likeness (QED) is 0.505. The maximum atomic E-state index is 9.32. The van der Waals surface area contributed by atoms with E-state index in [1.165, 1.54) is 19.3 Å². The third kappa shape index (κ3) is 1.10. The third-order valence-electron chi connectivity index (χ3n) is 2.76. The first-order chi connectivity index (χ1) is 4.84. The number of fused-ring (bicyclic) bond motifs is 2. The predicted molar refractivity (Wildman–Crippen MR) is 40.6 cm³/mol. The lowest BCUT2D eigenvalue weighted by molar-refractivity contribution is 0.189. The van der Waals surface area contributed by atoms with E-state index in [0.717, 1.165) is 18.3 Å². The molecule has 1 heteroatoms. The standard InChI is InChI=1S/C9H14O/c10-9-4-3-7-1-2-8(5-7)6-9/h3-4,7-10H,1-2,5-6H2. The van der Waals surface area contributed by atoms with Crippen molar-refractivity contribution in [3.05, 3.63) is 12.2 Å². The smallest absolute Gasteiger partial charge is 0.0723 e. The van der Waals surface area contributed by atoms with Gasteiger partial charge in [-0.2, -0.15) is 0 Å². The Kier molecular flexibility index (Phi) is 1.53. The Morgan fingerprint density at radius 2 is 2.00 bits per heavy atom. The van der Waals surface area contributed by atoms with Crippen LogP contribution in [0.4, 0.5) is 0 Å². The number of aliphatic hydroxyl groups excluding tert-OH is 1. The summed E-state index contributed by atoms with van der Waals surface area (Å²) in [6, 6.07) is 0. The Labute approximate surface area is 61.8 Å². The van der Waals surface area contributed by atoms with Gasteiger partial charge in [-0.15, -0.1) is 0 Å². The van der Waals surface area contributed by atoms with Crippen LogP contribution in [0.15, 0.2) is 12.2 Å². The van der Waals surface area contributed by atoms with Crippen molar-refractivity contribution in [2.75, 3.05) is 0 Å². The van der Waals surface area contributed by atoms with Gasteiger partial charge in [-0.25, -0.2) is 0 Å². The lowest BCUT2D eigenvalue weighted by atomic mass is 10.0. The summed E-state index contributed by atoms with van der Waals surface area (Å²) in [5.74, 6) is 1.61. The molecule has 0 amide bonds. The summed E-state index contributed by atoms with van der Waals surface area (Å²) in [4.78, 5) is 0. The molecule has 0 aromatic heterocycles. The first-order valence-corrected chi connectivity index (χ1v) is 4.21. The van der Waals surface area contributed by atoms with E-state index in [1.807, 2.05) is 6.08 Å². The fourth-order valence-corrected chi connectivity index (χ4v) is 2.21. The van der Waals surface area contributed by atoms with Gasteiger partial charge in [0, 0.05) is 0 Å². The second-order valence-corrected chi connectivity index (χ2v) is 3.63. The second-order valence-electron chi connectivity index (χ2n) is 3.63. The minimum Gasteiger partial charge on any atom is -0.389 e. The Balaban J connectivity index is 2.11. The van der Waals surface area contributed by atoms with Gasteiger partial charge in [-0.05, 0) is 37.5 Å². The van der Waals surface area contributed by atoms with Crippen LogP contribution in [-0.4, -0.2) is 11.2 Å². The molecule has 3 atom stereocenters. The van der Waals surface area contributed by atoms with Crippen LogP contribution in [0.2, 0.25) is 0 Å². The average molecular weight is 138 g/mol. The van der Waals surface area contributed by atoms with E-state index in [4.69, 9.17) is 0 Å². The van der Waals surface area contributed by atoms with Crippen LogP contribution in [0.25, 0.3) is 0 Å². The van der Waals surface area contributed by atoms with Crippen molar-refractivity contribution in [3.8, 4) is 0 Å². The van der Waals surface area contributed by atoms with E-state index in [0.29, 0.717) is 0 Å². The van der Waals surface area contributed by atoms with E-state index in [-0.39, 0.29) is 6.10 Å². The topological polar surface area (TPSA) is 20.2 Å². The predicted octanol–water partition coefficient (Wildman–Crippen LogP) is 1.72. The van der Waals surface area contributed by atoms with Gasteiger partial charge >= 0.3 is 0 Å².